The van der Waals surface area contributed by atoms with E-state index in [4.69, 9.17) is 11.6 Å². The van der Waals surface area contributed by atoms with Gasteiger partial charge in [-0.3, -0.25) is 9.79 Å². The molecule has 0 aliphatic carbocycles. The lowest BCUT2D eigenvalue weighted by molar-refractivity contribution is -0.106. The molecule has 60 valence electrons. The largest absolute Gasteiger partial charge is 0.275 e. The van der Waals surface area contributed by atoms with Crippen LogP contribution in [0.25, 0.3) is 0 Å². The van der Waals surface area contributed by atoms with Crippen molar-refractivity contribution >= 4 is 22.6 Å². The van der Waals surface area contributed by atoms with Crippen molar-refractivity contribution in [2.45, 2.75) is 6.54 Å². The number of benzene rings is 1. The minimum atomic E-state index is -0.472. The van der Waals surface area contributed by atoms with Crippen molar-refractivity contribution in [3.05, 3.63) is 35.4 Å². The van der Waals surface area contributed by atoms with Gasteiger partial charge in [-0.05, 0) is 17.2 Å². The van der Waals surface area contributed by atoms with Crippen LogP contribution >= 0.6 is 11.6 Å². The van der Waals surface area contributed by atoms with E-state index in [0.29, 0.717) is 12.3 Å². The molecular weight excluding hydrogens is 174 g/mol. The van der Waals surface area contributed by atoms with Crippen LogP contribution in [0.2, 0.25) is 0 Å². The summed E-state index contributed by atoms with van der Waals surface area (Å²) in [4.78, 5) is 14.9. The van der Waals surface area contributed by atoms with Crippen LogP contribution in [0.1, 0.15) is 11.1 Å². The van der Waals surface area contributed by atoms with Gasteiger partial charge in [-0.25, -0.2) is 0 Å². The first-order valence-electron chi connectivity index (χ1n) is 3.61. The molecule has 0 saturated heterocycles. The second-order valence-electron chi connectivity index (χ2n) is 2.60. The molecule has 0 spiro atoms. The number of carbonyl (C=O) groups is 1. The number of rotatable bonds is 1. The van der Waals surface area contributed by atoms with E-state index in [1.807, 2.05) is 24.3 Å². The van der Waals surface area contributed by atoms with Gasteiger partial charge in [0.25, 0.3) is 5.24 Å². The van der Waals surface area contributed by atoms with E-state index in [0.717, 1.165) is 11.1 Å². The molecule has 2 rings (SSSR count). The highest BCUT2D eigenvalue weighted by molar-refractivity contribution is 6.84. The molecule has 0 saturated carbocycles. The van der Waals surface area contributed by atoms with Crippen LogP contribution in [0.15, 0.2) is 29.3 Å². The molecule has 12 heavy (non-hydrogen) atoms. The van der Waals surface area contributed by atoms with Crippen molar-refractivity contribution in [1.82, 2.24) is 0 Å². The number of hydrogen-bond donors (Lipinski definition) is 0. The summed E-state index contributed by atoms with van der Waals surface area (Å²) in [6.07, 6.45) is 0. The van der Waals surface area contributed by atoms with Gasteiger partial charge in [-0.2, -0.15) is 0 Å². The summed E-state index contributed by atoms with van der Waals surface area (Å²) >= 11 is 5.34. The normalized spacial score (nSPS) is 13.9. The molecular formula is C9H6ClNO. The molecule has 1 heterocycles. The van der Waals surface area contributed by atoms with Crippen LogP contribution in [0.4, 0.5) is 0 Å². The third-order valence-corrected chi connectivity index (χ3v) is 2.05. The quantitative estimate of drug-likeness (QED) is 0.604. The van der Waals surface area contributed by atoms with Crippen molar-refractivity contribution in [3.8, 4) is 0 Å². The molecule has 0 amide bonds. The fourth-order valence-corrected chi connectivity index (χ4v) is 1.47. The Labute approximate surface area is 74.9 Å². The van der Waals surface area contributed by atoms with Crippen LogP contribution in [-0.4, -0.2) is 11.0 Å². The average molecular weight is 180 g/mol. The van der Waals surface area contributed by atoms with Crippen molar-refractivity contribution in [2.75, 3.05) is 0 Å². The van der Waals surface area contributed by atoms with Crippen LogP contribution in [0.5, 0.6) is 0 Å². The van der Waals surface area contributed by atoms with E-state index in [9.17, 15) is 4.79 Å². The maximum Gasteiger partial charge on any atom is 0.271 e. The van der Waals surface area contributed by atoms with E-state index < -0.39 is 5.24 Å². The molecule has 0 atom stereocenters. The Morgan fingerprint density at radius 2 is 2.17 bits per heavy atom. The highest BCUT2D eigenvalue weighted by atomic mass is 35.5. The molecule has 3 heteroatoms. The Kier molecular flexibility index (Phi) is 1.70. The summed E-state index contributed by atoms with van der Waals surface area (Å²) in [6, 6.07) is 7.61. The van der Waals surface area contributed by atoms with Gasteiger partial charge in [0.2, 0.25) is 0 Å². The predicted octanol–water partition coefficient (Wildman–Crippen LogP) is 1.75. The highest BCUT2D eigenvalue weighted by Gasteiger charge is 2.19. The topological polar surface area (TPSA) is 29.4 Å². The average Bonchev–Trinajstić information content (AvgIpc) is 2.47. The van der Waals surface area contributed by atoms with E-state index in [1.54, 1.807) is 0 Å². The predicted molar refractivity (Wildman–Crippen MR) is 47.5 cm³/mol. The third kappa shape index (κ3) is 1.04. The summed E-state index contributed by atoms with van der Waals surface area (Å²) in [6.45, 7) is 0.573. The maximum atomic E-state index is 10.8. The standard InChI is InChI=1S/C9H6ClNO/c10-9(12)8-7-4-2-1-3-6(7)5-11-8/h1-4H,5H2. The maximum absolute atomic E-state index is 10.8. The minimum absolute atomic E-state index is 0.396. The first kappa shape index (κ1) is 7.50. The molecule has 0 aromatic heterocycles. The molecule has 0 N–H and O–H groups in total. The van der Waals surface area contributed by atoms with Crippen molar-refractivity contribution in [3.63, 3.8) is 0 Å². The highest BCUT2D eigenvalue weighted by Crippen LogP contribution is 2.19. The van der Waals surface area contributed by atoms with Gasteiger partial charge >= 0.3 is 0 Å². The van der Waals surface area contributed by atoms with Crippen molar-refractivity contribution in [1.29, 1.82) is 0 Å². The van der Waals surface area contributed by atoms with Gasteiger partial charge < -0.3 is 0 Å². The molecule has 0 unspecified atom stereocenters. The van der Waals surface area contributed by atoms with E-state index >= 15 is 0 Å². The van der Waals surface area contributed by atoms with Crippen molar-refractivity contribution < 1.29 is 4.79 Å². The first-order valence-corrected chi connectivity index (χ1v) is 3.99. The summed E-state index contributed by atoms with van der Waals surface area (Å²) in [5.74, 6) is 0. The fourth-order valence-electron chi connectivity index (χ4n) is 1.31. The molecule has 0 fully saturated rings. The minimum Gasteiger partial charge on any atom is -0.275 e. The Bertz CT molecular complexity index is 371. The van der Waals surface area contributed by atoms with Crippen LogP contribution in [0.3, 0.4) is 0 Å². The lowest BCUT2D eigenvalue weighted by Gasteiger charge is -1.96. The molecule has 2 nitrogen and oxygen atoms in total. The van der Waals surface area contributed by atoms with E-state index in [2.05, 4.69) is 4.99 Å². The summed E-state index contributed by atoms with van der Waals surface area (Å²) in [7, 11) is 0. The summed E-state index contributed by atoms with van der Waals surface area (Å²) < 4.78 is 0. The van der Waals surface area contributed by atoms with E-state index in [1.165, 1.54) is 0 Å². The molecule has 0 bridgehead atoms. The lowest BCUT2D eigenvalue weighted by atomic mass is 10.1. The number of fused-ring (bicyclic) bond motifs is 1. The van der Waals surface area contributed by atoms with Crippen LogP contribution in [0, 0.1) is 0 Å². The molecule has 1 aromatic rings. The number of carbonyl (C=O) groups excluding carboxylic acids is 1. The molecule has 0 radical (unpaired) electrons. The zero-order valence-corrected chi connectivity index (χ0v) is 7.01. The Morgan fingerprint density at radius 3 is 2.92 bits per heavy atom. The van der Waals surface area contributed by atoms with Gasteiger partial charge in [0.05, 0.1) is 6.54 Å². The smallest absolute Gasteiger partial charge is 0.271 e. The van der Waals surface area contributed by atoms with Gasteiger partial charge in [0, 0.05) is 5.56 Å². The zero-order valence-electron chi connectivity index (χ0n) is 6.25. The Hall–Kier alpha value is -1.15. The third-order valence-electron chi connectivity index (χ3n) is 1.87. The Balaban J connectivity index is 2.52. The lowest BCUT2D eigenvalue weighted by Crippen LogP contribution is -2.06. The van der Waals surface area contributed by atoms with Crippen LogP contribution in [-0.2, 0) is 11.3 Å². The number of halogens is 1. The monoisotopic (exact) mass is 179 g/mol. The molecule has 1 aromatic carbocycles. The van der Waals surface area contributed by atoms with Crippen molar-refractivity contribution in [2.24, 2.45) is 4.99 Å². The van der Waals surface area contributed by atoms with Gasteiger partial charge in [-0.1, -0.05) is 24.3 Å². The SMILES string of the molecule is O=C(Cl)C1=NCc2ccccc21. The Morgan fingerprint density at radius 1 is 1.42 bits per heavy atom. The summed E-state index contributed by atoms with van der Waals surface area (Å²) in [5, 5.41) is -0.472. The molecule has 1 aliphatic heterocycles. The second-order valence-corrected chi connectivity index (χ2v) is 2.94. The summed E-state index contributed by atoms with van der Waals surface area (Å²) in [5.41, 5.74) is 2.34. The first-order chi connectivity index (χ1) is 5.79. The molecule has 1 aliphatic rings. The number of nitrogens with zero attached hydrogens (tertiary/aromatic N) is 1. The van der Waals surface area contributed by atoms with Gasteiger partial charge in [-0.15, -0.1) is 0 Å². The second kappa shape index (κ2) is 2.72. The number of hydrogen-bond acceptors (Lipinski definition) is 2. The fraction of sp³-hybridized carbons (Fsp3) is 0.111. The van der Waals surface area contributed by atoms with Gasteiger partial charge in [0.15, 0.2) is 0 Å². The zero-order chi connectivity index (χ0) is 8.55. The number of aliphatic imine (C=N–C) groups is 1. The van der Waals surface area contributed by atoms with Crippen LogP contribution < -0.4 is 0 Å². The van der Waals surface area contributed by atoms with Gasteiger partial charge in [0.1, 0.15) is 5.71 Å². The van der Waals surface area contributed by atoms with E-state index in [-0.39, 0.29) is 0 Å².